The Kier molecular flexibility index (Phi) is 4.61. The number of ether oxygens (including phenoxy) is 1. The van der Waals surface area contributed by atoms with Crippen molar-refractivity contribution in [3.8, 4) is 5.75 Å². The van der Waals surface area contributed by atoms with Crippen LogP contribution in [0.3, 0.4) is 0 Å². The first-order valence-electron chi connectivity index (χ1n) is 9.17. The van der Waals surface area contributed by atoms with Gasteiger partial charge in [0.05, 0.1) is 18.7 Å². The van der Waals surface area contributed by atoms with Gasteiger partial charge >= 0.3 is 0 Å². The molecule has 3 fully saturated rings. The van der Waals surface area contributed by atoms with E-state index in [1.165, 1.54) is 12.8 Å². The van der Waals surface area contributed by atoms with Gasteiger partial charge in [0.2, 0.25) is 0 Å². The number of aliphatic hydroxyl groups excluding tert-OH is 1. The normalized spacial score (nSPS) is 29.8. The lowest BCUT2D eigenvalue weighted by atomic mass is 9.72. The molecule has 4 heterocycles. The summed E-state index contributed by atoms with van der Waals surface area (Å²) in [6.45, 7) is 4.46. The van der Waals surface area contributed by atoms with Gasteiger partial charge in [-0.05, 0) is 61.1 Å². The van der Waals surface area contributed by atoms with Crippen molar-refractivity contribution in [1.82, 2.24) is 9.88 Å². The Balaban J connectivity index is 1.71. The summed E-state index contributed by atoms with van der Waals surface area (Å²) in [7, 11) is 1.65. The molecule has 5 rings (SSSR count). The van der Waals surface area contributed by atoms with Crippen LogP contribution in [0, 0.1) is 11.8 Å². The SMILES string of the molecule is CC[C@H]1CN2CC[C@H]1C[C@H]2[C@H](O)c1cc(Cl)nc2ccc(OC)cc12. The lowest BCUT2D eigenvalue weighted by Crippen LogP contribution is -2.55. The summed E-state index contributed by atoms with van der Waals surface area (Å²) in [5.41, 5.74) is 1.66. The first-order chi connectivity index (χ1) is 12.1. The van der Waals surface area contributed by atoms with Crippen molar-refractivity contribution in [2.24, 2.45) is 11.8 Å². The van der Waals surface area contributed by atoms with Crippen molar-refractivity contribution >= 4 is 22.5 Å². The molecule has 5 atom stereocenters. The molecule has 3 aliphatic rings. The maximum atomic E-state index is 11.2. The van der Waals surface area contributed by atoms with E-state index < -0.39 is 6.10 Å². The van der Waals surface area contributed by atoms with E-state index in [1.807, 2.05) is 24.3 Å². The molecule has 3 aliphatic heterocycles. The zero-order valence-corrected chi connectivity index (χ0v) is 15.5. The van der Waals surface area contributed by atoms with Gasteiger partial charge < -0.3 is 9.84 Å². The molecule has 5 heteroatoms. The summed E-state index contributed by atoms with van der Waals surface area (Å²) in [4.78, 5) is 6.87. The van der Waals surface area contributed by atoms with E-state index in [9.17, 15) is 5.11 Å². The third kappa shape index (κ3) is 3.01. The molecule has 1 N–H and O–H groups in total. The number of aromatic nitrogens is 1. The summed E-state index contributed by atoms with van der Waals surface area (Å²) in [6.07, 6.45) is 2.99. The second-order valence-electron chi connectivity index (χ2n) is 7.38. The third-order valence-corrected chi connectivity index (χ3v) is 6.35. The lowest BCUT2D eigenvalue weighted by molar-refractivity contribution is -0.0562. The molecule has 4 nitrogen and oxygen atoms in total. The molecule has 1 unspecified atom stereocenters. The molecule has 1 aromatic carbocycles. The molecule has 2 bridgehead atoms. The molecule has 0 spiro atoms. The number of benzene rings is 1. The highest BCUT2D eigenvalue weighted by Gasteiger charge is 2.42. The highest BCUT2D eigenvalue weighted by atomic mass is 35.5. The van der Waals surface area contributed by atoms with Crippen LogP contribution in [0.1, 0.15) is 37.9 Å². The number of fused-ring (bicyclic) bond motifs is 4. The van der Waals surface area contributed by atoms with Gasteiger partial charge in [-0.25, -0.2) is 4.98 Å². The molecule has 0 amide bonds. The van der Waals surface area contributed by atoms with Crippen LogP contribution < -0.4 is 4.74 Å². The number of methoxy groups -OCH3 is 1. The molecule has 134 valence electrons. The minimum Gasteiger partial charge on any atom is -0.497 e. The smallest absolute Gasteiger partial charge is 0.130 e. The molecular formula is C20H25ClN2O2. The van der Waals surface area contributed by atoms with E-state index in [-0.39, 0.29) is 6.04 Å². The van der Waals surface area contributed by atoms with Crippen molar-refractivity contribution in [1.29, 1.82) is 0 Å². The number of halogens is 1. The average molecular weight is 361 g/mol. The molecule has 3 saturated heterocycles. The van der Waals surface area contributed by atoms with Gasteiger partial charge in [-0.2, -0.15) is 0 Å². The summed E-state index contributed by atoms with van der Waals surface area (Å²) in [5, 5.41) is 12.6. The fraction of sp³-hybridized carbons (Fsp3) is 0.550. The summed E-state index contributed by atoms with van der Waals surface area (Å²) < 4.78 is 5.36. The zero-order chi connectivity index (χ0) is 17.6. The first-order valence-corrected chi connectivity index (χ1v) is 9.54. The Hall–Kier alpha value is -1.36. The maximum Gasteiger partial charge on any atom is 0.130 e. The Labute approximate surface area is 153 Å². The van der Waals surface area contributed by atoms with Crippen LogP contribution in [0.15, 0.2) is 24.3 Å². The van der Waals surface area contributed by atoms with E-state index in [0.717, 1.165) is 53.6 Å². The third-order valence-electron chi connectivity index (χ3n) is 6.16. The minimum absolute atomic E-state index is 0.161. The van der Waals surface area contributed by atoms with Gasteiger partial charge in [-0.15, -0.1) is 0 Å². The predicted octanol–water partition coefficient (Wildman–Crippen LogP) is 4.05. The second-order valence-corrected chi connectivity index (χ2v) is 7.76. The number of hydrogen-bond donors (Lipinski definition) is 1. The fourth-order valence-electron chi connectivity index (χ4n) is 4.75. The Morgan fingerprint density at radius 2 is 2.24 bits per heavy atom. The van der Waals surface area contributed by atoms with Gasteiger partial charge in [0.25, 0.3) is 0 Å². The van der Waals surface area contributed by atoms with Crippen LogP contribution in [0.2, 0.25) is 5.15 Å². The predicted molar refractivity (Wildman–Crippen MR) is 100 cm³/mol. The molecule has 1 aromatic heterocycles. The van der Waals surface area contributed by atoms with E-state index >= 15 is 0 Å². The average Bonchev–Trinajstić information content (AvgIpc) is 2.66. The lowest BCUT2D eigenvalue weighted by Gasteiger charge is -2.51. The van der Waals surface area contributed by atoms with Crippen molar-refractivity contribution in [3.05, 3.63) is 35.0 Å². The minimum atomic E-state index is -0.560. The number of rotatable bonds is 4. The quantitative estimate of drug-likeness (QED) is 0.835. The van der Waals surface area contributed by atoms with Gasteiger partial charge in [0.15, 0.2) is 0 Å². The van der Waals surface area contributed by atoms with E-state index in [2.05, 4.69) is 16.8 Å². The summed E-state index contributed by atoms with van der Waals surface area (Å²) in [6, 6.07) is 7.70. The summed E-state index contributed by atoms with van der Waals surface area (Å²) >= 11 is 6.24. The highest BCUT2D eigenvalue weighted by Crippen LogP contribution is 2.43. The molecule has 2 aromatic rings. The monoisotopic (exact) mass is 360 g/mol. The number of hydrogen-bond acceptors (Lipinski definition) is 4. The van der Waals surface area contributed by atoms with Crippen LogP contribution in [-0.2, 0) is 0 Å². The number of aliphatic hydroxyl groups is 1. The van der Waals surface area contributed by atoms with Crippen molar-refractivity contribution in [2.45, 2.75) is 38.3 Å². The van der Waals surface area contributed by atoms with Crippen LogP contribution in [0.4, 0.5) is 0 Å². The maximum absolute atomic E-state index is 11.2. The van der Waals surface area contributed by atoms with Gasteiger partial charge in [-0.1, -0.05) is 24.9 Å². The molecule has 0 saturated carbocycles. The Morgan fingerprint density at radius 1 is 1.40 bits per heavy atom. The van der Waals surface area contributed by atoms with Gasteiger partial charge in [0.1, 0.15) is 10.9 Å². The Bertz CT molecular complexity index is 782. The largest absolute Gasteiger partial charge is 0.497 e. The zero-order valence-electron chi connectivity index (χ0n) is 14.8. The van der Waals surface area contributed by atoms with Crippen molar-refractivity contribution in [3.63, 3.8) is 0 Å². The van der Waals surface area contributed by atoms with Crippen LogP contribution in [0.5, 0.6) is 5.75 Å². The van der Waals surface area contributed by atoms with Crippen LogP contribution >= 0.6 is 11.6 Å². The number of piperidine rings is 3. The molecule has 25 heavy (non-hydrogen) atoms. The standard InChI is InChI=1S/C20H25ClN2O2/c1-3-12-11-23-7-6-13(12)8-18(23)20(24)16-10-19(21)22-17-5-4-14(25-2)9-15(16)17/h4-5,9-10,12-13,18,20,24H,3,6-8,11H2,1-2H3/t12-,13-,18-,20+/m0/s1. The summed E-state index contributed by atoms with van der Waals surface area (Å²) in [5.74, 6) is 2.27. The van der Waals surface area contributed by atoms with Crippen LogP contribution in [-0.4, -0.2) is 41.2 Å². The van der Waals surface area contributed by atoms with E-state index in [4.69, 9.17) is 16.3 Å². The van der Waals surface area contributed by atoms with Gasteiger partial charge in [-0.3, -0.25) is 4.90 Å². The number of nitrogens with zero attached hydrogens (tertiary/aromatic N) is 2. The molecule has 0 aliphatic carbocycles. The topological polar surface area (TPSA) is 45.6 Å². The molecule has 0 radical (unpaired) electrons. The first kappa shape index (κ1) is 17.1. The van der Waals surface area contributed by atoms with E-state index in [1.54, 1.807) is 7.11 Å². The second kappa shape index (κ2) is 6.75. The van der Waals surface area contributed by atoms with Crippen LogP contribution in [0.25, 0.3) is 10.9 Å². The van der Waals surface area contributed by atoms with E-state index in [0.29, 0.717) is 5.15 Å². The molecular weight excluding hydrogens is 336 g/mol. The van der Waals surface area contributed by atoms with Crippen molar-refractivity contribution in [2.75, 3.05) is 20.2 Å². The fourth-order valence-corrected chi connectivity index (χ4v) is 4.96. The highest BCUT2D eigenvalue weighted by molar-refractivity contribution is 6.30. The van der Waals surface area contributed by atoms with Gasteiger partial charge in [0, 0.05) is 18.0 Å². The van der Waals surface area contributed by atoms with Crippen molar-refractivity contribution < 1.29 is 9.84 Å². The number of pyridine rings is 1. The Morgan fingerprint density at radius 3 is 2.92 bits per heavy atom.